The van der Waals surface area contributed by atoms with Gasteiger partial charge in [-0.3, -0.25) is 4.79 Å². The van der Waals surface area contributed by atoms with Crippen molar-refractivity contribution in [2.75, 3.05) is 33.9 Å². The van der Waals surface area contributed by atoms with Gasteiger partial charge in [-0.2, -0.15) is 5.10 Å². The summed E-state index contributed by atoms with van der Waals surface area (Å²) in [6, 6.07) is 11.3. The van der Waals surface area contributed by atoms with E-state index in [-0.39, 0.29) is 35.8 Å². The highest BCUT2D eigenvalue weighted by Gasteiger charge is 2.40. The van der Waals surface area contributed by atoms with Crippen molar-refractivity contribution in [2.24, 2.45) is 16.9 Å². The van der Waals surface area contributed by atoms with Crippen molar-refractivity contribution < 1.29 is 23.4 Å². The van der Waals surface area contributed by atoms with E-state index in [4.69, 9.17) is 19.3 Å². The summed E-state index contributed by atoms with van der Waals surface area (Å²) >= 11 is 0. The van der Waals surface area contributed by atoms with Gasteiger partial charge in [0.2, 0.25) is 5.91 Å². The van der Waals surface area contributed by atoms with Gasteiger partial charge in [0, 0.05) is 24.6 Å². The van der Waals surface area contributed by atoms with Gasteiger partial charge in [-0.1, -0.05) is 30.7 Å². The zero-order valence-corrected chi connectivity index (χ0v) is 24.4. The number of carbonyl (C=O) groups is 1. The number of methoxy groups -OCH3 is 2. The van der Waals surface area contributed by atoms with Crippen molar-refractivity contribution in [3.05, 3.63) is 71.1 Å². The van der Waals surface area contributed by atoms with E-state index < -0.39 is 0 Å². The van der Waals surface area contributed by atoms with Crippen LogP contribution in [0.4, 0.5) is 4.39 Å². The van der Waals surface area contributed by atoms with Crippen molar-refractivity contribution in [1.29, 1.82) is 0 Å². The number of rotatable bonds is 12. The summed E-state index contributed by atoms with van der Waals surface area (Å²) in [5, 5.41) is 10.1. The van der Waals surface area contributed by atoms with E-state index in [0.717, 1.165) is 74.9 Å². The van der Waals surface area contributed by atoms with Crippen LogP contribution in [-0.4, -0.2) is 56.6 Å². The smallest absolute Gasteiger partial charge is 0.246 e. The number of nitrogens with one attached hydrogen (secondary N) is 1. The summed E-state index contributed by atoms with van der Waals surface area (Å²) < 4.78 is 31.0. The van der Waals surface area contributed by atoms with Crippen molar-refractivity contribution in [1.82, 2.24) is 10.3 Å². The molecule has 0 bridgehead atoms. The lowest BCUT2D eigenvalue weighted by Gasteiger charge is -2.37. The summed E-state index contributed by atoms with van der Waals surface area (Å²) in [6.07, 6.45) is 10.8. The summed E-state index contributed by atoms with van der Waals surface area (Å²) in [5.41, 5.74) is 3.51. The molecule has 4 atom stereocenters. The van der Waals surface area contributed by atoms with Gasteiger partial charge in [-0.15, -0.1) is 0 Å². The Morgan fingerprint density at radius 2 is 1.80 bits per heavy atom. The van der Waals surface area contributed by atoms with E-state index in [1.807, 2.05) is 30.3 Å². The molecule has 0 spiro atoms. The van der Waals surface area contributed by atoms with Crippen molar-refractivity contribution in [2.45, 2.75) is 64.1 Å². The number of ether oxygens (including phenoxy) is 3. The number of fused-ring (bicyclic) bond motifs is 1. The Labute approximate surface area is 242 Å². The molecular weight excluding hydrogens is 521 g/mol. The second kappa shape index (κ2) is 13.6. The van der Waals surface area contributed by atoms with Crippen LogP contribution in [0.3, 0.4) is 0 Å². The molecule has 5 rings (SSSR count). The molecule has 2 heterocycles. The maximum Gasteiger partial charge on any atom is 0.246 e. The molecule has 2 aliphatic heterocycles. The third-order valence-electron chi connectivity index (χ3n) is 8.53. The number of hydrazone groups is 1. The van der Waals surface area contributed by atoms with Crippen molar-refractivity contribution in [3.63, 3.8) is 0 Å². The molecular formula is C33H42FN3O4. The number of hydrogen-bond donors (Lipinski definition) is 1. The van der Waals surface area contributed by atoms with Crippen LogP contribution in [0.2, 0.25) is 0 Å². The summed E-state index contributed by atoms with van der Waals surface area (Å²) in [5.74, 6) is 1.30. The van der Waals surface area contributed by atoms with Gasteiger partial charge < -0.3 is 19.5 Å². The average Bonchev–Trinajstić information content (AvgIpc) is 3.47. The topological polar surface area (TPSA) is 72.4 Å². The lowest BCUT2D eigenvalue weighted by Crippen LogP contribution is -2.45. The van der Waals surface area contributed by atoms with Crippen molar-refractivity contribution >= 4 is 11.6 Å². The lowest BCUT2D eigenvalue weighted by atomic mass is 9.76. The molecule has 3 aliphatic rings. The van der Waals surface area contributed by atoms with Gasteiger partial charge in [-0.05, 0) is 87.4 Å². The van der Waals surface area contributed by atoms with Gasteiger partial charge >= 0.3 is 0 Å². The van der Waals surface area contributed by atoms with Crippen LogP contribution in [0.5, 0.6) is 11.5 Å². The third-order valence-corrected chi connectivity index (χ3v) is 8.53. The molecule has 8 heteroatoms. The predicted molar refractivity (Wildman–Crippen MR) is 158 cm³/mol. The minimum absolute atomic E-state index is 0.0253. The first-order valence-electron chi connectivity index (χ1n) is 14.9. The van der Waals surface area contributed by atoms with Crippen LogP contribution in [-0.2, 0) is 9.53 Å². The normalized spacial score (nSPS) is 23.9. The maximum atomic E-state index is 13.9. The fourth-order valence-electron chi connectivity index (χ4n) is 6.12. The second-order valence-electron chi connectivity index (χ2n) is 11.3. The van der Waals surface area contributed by atoms with Crippen LogP contribution in [0.15, 0.2) is 53.7 Å². The number of nitrogens with zero attached hydrogens (tertiary/aromatic N) is 2. The number of halogens is 1. The van der Waals surface area contributed by atoms with Crippen molar-refractivity contribution in [3.8, 4) is 11.5 Å². The Balaban J connectivity index is 1.09. The van der Waals surface area contributed by atoms with Gasteiger partial charge in [0.1, 0.15) is 5.82 Å². The molecule has 2 aromatic carbocycles. The Morgan fingerprint density at radius 3 is 2.59 bits per heavy atom. The van der Waals surface area contributed by atoms with Crippen LogP contribution < -0.4 is 14.8 Å². The van der Waals surface area contributed by atoms with Gasteiger partial charge in [0.25, 0.3) is 0 Å². The SMILES string of the molecule is COc1ccc(C2=NN(CCCCCNCC3CCC(c4ccc(C)c(F)c4)O3)C(=O)C3CC=CCC23)cc1OC. The summed E-state index contributed by atoms with van der Waals surface area (Å²) in [6.45, 7) is 4.08. The molecule has 0 radical (unpaired) electrons. The lowest BCUT2D eigenvalue weighted by molar-refractivity contribution is -0.137. The van der Waals surface area contributed by atoms with Gasteiger partial charge in [0.15, 0.2) is 11.5 Å². The minimum atomic E-state index is -0.169. The number of amides is 1. The van der Waals surface area contributed by atoms with Gasteiger partial charge in [-0.25, -0.2) is 9.40 Å². The zero-order chi connectivity index (χ0) is 28.8. The number of hydrogen-bond acceptors (Lipinski definition) is 6. The van der Waals surface area contributed by atoms with E-state index in [0.29, 0.717) is 23.6 Å². The Hall–Kier alpha value is -3.23. The number of benzene rings is 2. The highest BCUT2D eigenvalue weighted by atomic mass is 19.1. The Bertz CT molecular complexity index is 1280. The number of carbonyl (C=O) groups excluding carboxylic acids is 1. The molecule has 1 fully saturated rings. The quantitative estimate of drug-likeness (QED) is 0.255. The number of allylic oxidation sites excluding steroid dienone is 2. The molecule has 41 heavy (non-hydrogen) atoms. The molecule has 0 aromatic heterocycles. The van der Waals surface area contributed by atoms with Crippen LogP contribution >= 0.6 is 0 Å². The molecule has 2 aromatic rings. The zero-order valence-electron chi connectivity index (χ0n) is 24.4. The van der Waals surface area contributed by atoms with Crippen LogP contribution in [0.1, 0.15) is 67.7 Å². The highest BCUT2D eigenvalue weighted by Crippen LogP contribution is 2.37. The fraction of sp³-hybridized carbons (Fsp3) is 0.515. The first-order chi connectivity index (χ1) is 20.0. The third kappa shape index (κ3) is 6.81. The first-order valence-corrected chi connectivity index (χ1v) is 14.9. The summed E-state index contributed by atoms with van der Waals surface area (Å²) in [7, 11) is 3.26. The summed E-state index contributed by atoms with van der Waals surface area (Å²) in [4.78, 5) is 13.3. The van der Waals surface area contributed by atoms with E-state index in [9.17, 15) is 9.18 Å². The predicted octanol–water partition coefficient (Wildman–Crippen LogP) is 5.96. The van der Waals surface area contributed by atoms with Crippen LogP contribution in [0, 0.1) is 24.6 Å². The molecule has 1 amide bonds. The second-order valence-corrected chi connectivity index (χ2v) is 11.3. The maximum absolute atomic E-state index is 13.9. The first kappa shape index (κ1) is 29.3. The molecule has 1 N–H and O–H groups in total. The van der Waals surface area contributed by atoms with Crippen LogP contribution in [0.25, 0.3) is 0 Å². The average molecular weight is 564 g/mol. The van der Waals surface area contributed by atoms with E-state index >= 15 is 0 Å². The number of unbranched alkanes of at least 4 members (excludes halogenated alkanes) is 2. The molecule has 1 saturated heterocycles. The molecule has 7 nitrogen and oxygen atoms in total. The van der Waals surface area contributed by atoms with E-state index in [1.54, 1.807) is 32.2 Å². The highest BCUT2D eigenvalue weighted by molar-refractivity contribution is 6.07. The number of aryl methyl sites for hydroxylation is 1. The Kier molecular flexibility index (Phi) is 9.72. The van der Waals surface area contributed by atoms with E-state index in [2.05, 4.69) is 17.5 Å². The molecule has 0 saturated carbocycles. The Morgan fingerprint density at radius 1 is 1.00 bits per heavy atom. The molecule has 220 valence electrons. The largest absolute Gasteiger partial charge is 0.493 e. The fourth-order valence-corrected chi connectivity index (χ4v) is 6.12. The molecule has 1 aliphatic carbocycles. The monoisotopic (exact) mass is 563 g/mol. The minimum Gasteiger partial charge on any atom is -0.493 e. The van der Waals surface area contributed by atoms with E-state index in [1.165, 1.54) is 0 Å². The standard InChI is InChI=1S/C33H42FN3O4/c1-22-11-12-23(19-28(22)34)29-16-14-25(41-29)21-35-17-7-4-8-18-37-33(38)27-10-6-5-9-26(27)32(36-37)24-13-15-30(39-2)31(20-24)40-3/h5-6,11-13,15,19-20,25-27,29,35H,4,7-10,14,16-18,21H2,1-3H3. The molecule has 4 unspecified atom stereocenters. The van der Waals surface area contributed by atoms with Gasteiger partial charge in [0.05, 0.1) is 38.1 Å².